The second kappa shape index (κ2) is 11.3. The van der Waals surface area contributed by atoms with Crippen molar-refractivity contribution in [2.45, 2.75) is 52.7 Å². The molecule has 33 heavy (non-hydrogen) atoms. The van der Waals surface area contributed by atoms with Crippen LogP contribution in [0.15, 0.2) is 48.5 Å². The number of hydrogen-bond acceptors (Lipinski definition) is 4. The predicted molar refractivity (Wildman–Crippen MR) is 128 cm³/mol. The van der Waals surface area contributed by atoms with Crippen LogP contribution in [0.25, 0.3) is 0 Å². The van der Waals surface area contributed by atoms with E-state index in [9.17, 15) is 22.4 Å². The Morgan fingerprint density at radius 2 is 1.67 bits per heavy atom. The summed E-state index contributed by atoms with van der Waals surface area (Å²) in [5.41, 5.74) is 1.71. The van der Waals surface area contributed by atoms with E-state index in [1.165, 1.54) is 29.2 Å². The van der Waals surface area contributed by atoms with E-state index in [2.05, 4.69) is 5.32 Å². The second-order valence-corrected chi connectivity index (χ2v) is 10.1. The molecular weight excluding hydrogens is 445 g/mol. The molecular formula is C24H32FN3O4S. The molecule has 2 amide bonds. The van der Waals surface area contributed by atoms with Crippen molar-refractivity contribution in [1.82, 2.24) is 10.2 Å². The molecule has 0 aliphatic carbocycles. The van der Waals surface area contributed by atoms with Crippen LogP contribution < -0.4 is 9.62 Å². The van der Waals surface area contributed by atoms with Gasteiger partial charge in [-0.1, -0.05) is 37.3 Å². The molecule has 9 heteroatoms. The number of amides is 2. The highest BCUT2D eigenvalue weighted by Crippen LogP contribution is 2.23. The fourth-order valence-electron chi connectivity index (χ4n) is 3.27. The van der Waals surface area contributed by atoms with Crippen LogP contribution >= 0.6 is 0 Å². The van der Waals surface area contributed by atoms with Crippen LogP contribution in [0.3, 0.4) is 0 Å². The van der Waals surface area contributed by atoms with Gasteiger partial charge >= 0.3 is 0 Å². The minimum Gasteiger partial charge on any atom is -0.352 e. The zero-order valence-electron chi connectivity index (χ0n) is 19.7. The number of rotatable bonds is 10. The molecule has 0 fully saturated rings. The highest BCUT2D eigenvalue weighted by atomic mass is 32.2. The molecule has 0 heterocycles. The lowest BCUT2D eigenvalue weighted by molar-refractivity contribution is -0.139. The first-order valence-electron chi connectivity index (χ1n) is 10.8. The summed E-state index contributed by atoms with van der Waals surface area (Å²) in [4.78, 5) is 27.6. The fraction of sp³-hybridized carbons (Fsp3) is 0.417. The lowest BCUT2D eigenvalue weighted by atomic mass is 10.1. The highest BCUT2D eigenvalue weighted by Gasteiger charge is 2.30. The van der Waals surface area contributed by atoms with E-state index in [-0.39, 0.29) is 18.5 Å². The Labute approximate surface area is 195 Å². The van der Waals surface area contributed by atoms with Crippen molar-refractivity contribution in [3.8, 4) is 0 Å². The number of aryl methyl sites for hydroxylation is 1. The number of anilines is 1. The highest BCUT2D eigenvalue weighted by molar-refractivity contribution is 7.92. The summed E-state index contributed by atoms with van der Waals surface area (Å²) in [5.74, 6) is -1.30. The first-order chi connectivity index (χ1) is 15.4. The van der Waals surface area contributed by atoms with E-state index >= 15 is 0 Å². The summed E-state index contributed by atoms with van der Waals surface area (Å²) >= 11 is 0. The summed E-state index contributed by atoms with van der Waals surface area (Å²) < 4.78 is 39.5. The topological polar surface area (TPSA) is 86.8 Å². The van der Waals surface area contributed by atoms with Crippen LogP contribution in [0.1, 0.15) is 38.3 Å². The van der Waals surface area contributed by atoms with E-state index < -0.39 is 34.3 Å². The van der Waals surface area contributed by atoms with E-state index in [1.807, 2.05) is 13.8 Å². The first-order valence-corrected chi connectivity index (χ1v) is 12.7. The minimum atomic E-state index is -3.78. The Balaban J connectivity index is 2.39. The van der Waals surface area contributed by atoms with Crippen LogP contribution in [0, 0.1) is 12.7 Å². The van der Waals surface area contributed by atoms with Crippen molar-refractivity contribution < 1.29 is 22.4 Å². The lowest BCUT2D eigenvalue weighted by Gasteiger charge is -2.32. The number of halogens is 1. The first kappa shape index (κ1) is 26.3. The molecule has 0 spiro atoms. The molecule has 0 bridgehead atoms. The molecule has 0 radical (unpaired) electrons. The maximum Gasteiger partial charge on any atom is 0.244 e. The minimum absolute atomic E-state index is 0.0274. The van der Waals surface area contributed by atoms with E-state index in [0.29, 0.717) is 16.8 Å². The number of benzene rings is 2. The van der Waals surface area contributed by atoms with E-state index in [4.69, 9.17) is 0 Å². The third-order valence-corrected chi connectivity index (χ3v) is 6.62. The molecule has 0 aliphatic heterocycles. The Bertz CT molecular complexity index is 1070. The Morgan fingerprint density at radius 1 is 1.06 bits per heavy atom. The van der Waals surface area contributed by atoms with Crippen molar-refractivity contribution in [3.63, 3.8) is 0 Å². The van der Waals surface area contributed by atoms with Gasteiger partial charge in [0.05, 0.1) is 11.9 Å². The van der Waals surface area contributed by atoms with Gasteiger partial charge in [0.2, 0.25) is 21.8 Å². The zero-order chi connectivity index (χ0) is 24.8. The number of carbonyl (C=O) groups excluding carboxylic acids is 2. The molecule has 180 valence electrons. The maximum absolute atomic E-state index is 13.4. The normalized spacial score (nSPS) is 13.2. The van der Waals surface area contributed by atoms with Crippen LogP contribution in [-0.4, -0.2) is 50.0 Å². The van der Waals surface area contributed by atoms with Crippen molar-refractivity contribution >= 4 is 27.5 Å². The molecule has 7 nitrogen and oxygen atoms in total. The van der Waals surface area contributed by atoms with Gasteiger partial charge in [0.1, 0.15) is 18.4 Å². The van der Waals surface area contributed by atoms with Crippen LogP contribution in [-0.2, 0) is 26.2 Å². The van der Waals surface area contributed by atoms with Gasteiger partial charge in [-0.3, -0.25) is 13.9 Å². The average Bonchev–Trinajstić information content (AvgIpc) is 2.76. The molecule has 1 N–H and O–H groups in total. The van der Waals surface area contributed by atoms with Crippen LogP contribution in [0.4, 0.5) is 10.1 Å². The number of para-hydroxylation sites is 1. The molecule has 2 rings (SSSR count). The molecule has 0 saturated heterocycles. The van der Waals surface area contributed by atoms with Gasteiger partial charge in [-0.25, -0.2) is 12.8 Å². The summed E-state index contributed by atoms with van der Waals surface area (Å²) in [6.07, 6.45) is 1.76. The summed E-state index contributed by atoms with van der Waals surface area (Å²) in [5, 5.41) is 2.86. The quantitative estimate of drug-likeness (QED) is 0.569. The van der Waals surface area contributed by atoms with Gasteiger partial charge in [-0.15, -0.1) is 0 Å². The lowest BCUT2D eigenvalue weighted by Crippen LogP contribution is -2.52. The van der Waals surface area contributed by atoms with Gasteiger partial charge in [0.25, 0.3) is 0 Å². The summed E-state index contributed by atoms with van der Waals surface area (Å²) in [6, 6.07) is 11.5. The number of sulfonamides is 1. The maximum atomic E-state index is 13.4. The largest absolute Gasteiger partial charge is 0.352 e. The third-order valence-electron chi connectivity index (χ3n) is 5.50. The number of carbonyl (C=O) groups is 2. The number of hydrogen-bond donors (Lipinski definition) is 1. The number of nitrogens with one attached hydrogen (secondary N) is 1. The molecule has 0 unspecified atom stereocenters. The molecule has 0 aromatic heterocycles. The average molecular weight is 478 g/mol. The van der Waals surface area contributed by atoms with E-state index in [0.717, 1.165) is 17.0 Å². The van der Waals surface area contributed by atoms with E-state index in [1.54, 1.807) is 38.1 Å². The SMILES string of the molecule is CC[C@@H](C)NC(=O)[C@@H](C)N(Cc1ccc(F)cc1)C(=O)CN(c1ccccc1C)S(C)(=O)=O. The van der Waals surface area contributed by atoms with Crippen molar-refractivity contribution in [3.05, 3.63) is 65.5 Å². The number of nitrogens with zero attached hydrogens (tertiary/aromatic N) is 2. The van der Waals surface area contributed by atoms with Gasteiger partial charge in [0.15, 0.2) is 0 Å². The van der Waals surface area contributed by atoms with Crippen molar-refractivity contribution in [2.75, 3.05) is 17.1 Å². The van der Waals surface area contributed by atoms with Gasteiger partial charge in [-0.2, -0.15) is 0 Å². The van der Waals surface area contributed by atoms with Crippen LogP contribution in [0.5, 0.6) is 0 Å². The monoisotopic (exact) mass is 477 g/mol. The van der Waals surface area contributed by atoms with Crippen molar-refractivity contribution in [2.24, 2.45) is 0 Å². The van der Waals surface area contributed by atoms with Gasteiger partial charge in [0, 0.05) is 12.6 Å². The van der Waals surface area contributed by atoms with Crippen molar-refractivity contribution in [1.29, 1.82) is 0 Å². The van der Waals surface area contributed by atoms with Crippen LogP contribution in [0.2, 0.25) is 0 Å². The summed E-state index contributed by atoms with van der Waals surface area (Å²) in [6.45, 7) is 6.71. The summed E-state index contributed by atoms with van der Waals surface area (Å²) in [7, 11) is -3.78. The predicted octanol–water partition coefficient (Wildman–Crippen LogP) is 3.23. The fourth-order valence-corrected chi connectivity index (χ4v) is 4.18. The smallest absolute Gasteiger partial charge is 0.244 e. The Morgan fingerprint density at radius 3 is 2.21 bits per heavy atom. The third kappa shape index (κ3) is 7.28. The van der Waals surface area contributed by atoms with Gasteiger partial charge < -0.3 is 10.2 Å². The standard InChI is InChI=1S/C24H32FN3O4S/c1-6-18(3)26-24(30)19(4)27(15-20-11-13-21(25)14-12-20)23(29)16-28(33(5,31)32)22-10-8-7-9-17(22)2/h7-14,18-19H,6,15-16H2,1-5H3,(H,26,30)/t18-,19-/m1/s1. The van der Waals surface area contributed by atoms with Gasteiger partial charge in [-0.05, 0) is 56.5 Å². The molecule has 0 saturated carbocycles. The molecule has 2 atom stereocenters. The molecule has 0 aliphatic rings. The molecule has 2 aromatic rings. The Kier molecular flexibility index (Phi) is 8.99. The Hall–Kier alpha value is -2.94. The zero-order valence-corrected chi connectivity index (χ0v) is 20.5. The second-order valence-electron chi connectivity index (χ2n) is 8.20. The molecule has 2 aromatic carbocycles.